The van der Waals surface area contributed by atoms with E-state index in [0.29, 0.717) is 16.6 Å². The van der Waals surface area contributed by atoms with Gasteiger partial charge in [-0.1, -0.05) is 30.0 Å². The van der Waals surface area contributed by atoms with Crippen LogP contribution in [-0.2, 0) is 11.0 Å². The molecule has 0 spiro atoms. The fourth-order valence-corrected chi connectivity index (χ4v) is 3.72. The zero-order chi connectivity index (χ0) is 19.5. The van der Waals surface area contributed by atoms with E-state index in [1.54, 1.807) is 19.9 Å². The van der Waals surface area contributed by atoms with Crippen molar-refractivity contribution in [3.8, 4) is 6.07 Å². The minimum Gasteiger partial charge on any atom is -0.300 e. The maximum absolute atomic E-state index is 13.2. The summed E-state index contributed by atoms with van der Waals surface area (Å²) in [5.41, 5.74) is -1.51. The number of hydrogen-bond acceptors (Lipinski definition) is 7. The SMILES string of the molecule is CC[C@H](Sc1nc(C)cc(C(F)(F)F)c1C#N)C(=O)Nc1nnc(C)s1. The Morgan fingerprint density at radius 3 is 2.62 bits per heavy atom. The second kappa shape index (κ2) is 8.01. The van der Waals surface area contributed by atoms with Crippen LogP contribution in [0.2, 0.25) is 0 Å². The van der Waals surface area contributed by atoms with Crippen LogP contribution in [0.25, 0.3) is 0 Å². The molecule has 2 aromatic heterocycles. The quantitative estimate of drug-likeness (QED) is 0.763. The first-order valence-corrected chi connectivity index (χ1v) is 9.11. The van der Waals surface area contributed by atoms with Crippen molar-refractivity contribution in [2.24, 2.45) is 0 Å². The third-order valence-corrected chi connectivity index (χ3v) is 5.31. The molecule has 0 radical (unpaired) electrons. The predicted octanol–water partition coefficient (Wildman–Crippen LogP) is 3.95. The number of nitriles is 1. The molecule has 138 valence electrons. The number of aryl methyl sites for hydroxylation is 2. The molecule has 0 bridgehead atoms. The molecule has 1 N–H and O–H groups in total. The number of hydrogen-bond donors (Lipinski definition) is 1. The molecule has 0 saturated heterocycles. The molecular formula is C15H14F3N5OS2. The number of pyridine rings is 1. The first-order valence-electron chi connectivity index (χ1n) is 7.42. The number of alkyl halides is 3. The zero-order valence-electron chi connectivity index (χ0n) is 14.0. The molecule has 0 aromatic carbocycles. The molecule has 0 unspecified atom stereocenters. The Morgan fingerprint density at radius 1 is 1.42 bits per heavy atom. The van der Waals surface area contributed by atoms with Crippen molar-refractivity contribution in [3.63, 3.8) is 0 Å². The number of nitrogens with one attached hydrogen (secondary N) is 1. The standard InChI is InChI=1S/C15H14F3N5OS2/c1-4-11(12(24)21-14-23-22-8(3)25-14)26-13-9(6-19)10(15(16,17)18)5-7(2)20-13/h5,11H,4H2,1-3H3,(H,21,23,24)/t11-/m0/s1. The third kappa shape index (κ3) is 4.70. The van der Waals surface area contributed by atoms with Crippen LogP contribution >= 0.6 is 23.1 Å². The summed E-state index contributed by atoms with van der Waals surface area (Å²) in [5, 5.41) is 19.5. The Labute approximate surface area is 155 Å². The Kier molecular flexibility index (Phi) is 6.20. The van der Waals surface area contributed by atoms with E-state index in [4.69, 9.17) is 0 Å². The van der Waals surface area contributed by atoms with Crippen molar-refractivity contribution in [2.45, 2.75) is 43.6 Å². The van der Waals surface area contributed by atoms with Crippen LogP contribution in [0, 0.1) is 25.2 Å². The number of halogens is 3. The number of aromatic nitrogens is 3. The third-order valence-electron chi connectivity index (χ3n) is 3.20. The summed E-state index contributed by atoms with van der Waals surface area (Å²) in [7, 11) is 0. The Hall–Kier alpha value is -2.19. The second-order valence-electron chi connectivity index (χ2n) is 5.23. The number of thioether (sulfide) groups is 1. The van der Waals surface area contributed by atoms with Crippen LogP contribution in [0.4, 0.5) is 18.3 Å². The average molecular weight is 401 g/mol. The molecule has 6 nitrogen and oxygen atoms in total. The fraction of sp³-hybridized carbons (Fsp3) is 0.400. The van der Waals surface area contributed by atoms with Gasteiger partial charge in [0.1, 0.15) is 16.1 Å². The summed E-state index contributed by atoms with van der Waals surface area (Å²) in [6, 6.07) is 2.39. The minimum atomic E-state index is -4.68. The normalized spacial score (nSPS) is 12.5. The first-order chi connectivity index (χ1) is 12.2. The Balaban J connectivity index is 2.31. The molecule has 2 heterocycles. The van der Waals surface area contributed by atoms with Gasteiger partial charge in [0.15, 0.2) is 0 Å². The summed E-state index contributed by atoms with van der Waals surface area (Å²) in [6.45, 7) is 4.86. The molecule has 26 heavy (non-hydrogen) atoms. The van der Waals surface area contributed by atoms with Gasteiger partial charge < -0.3 is 0 Å². The summed E-state index contributed by atoms with van der Waals surface area (Å²) in [6.07, 6.45) is -4.35. The van der Waals surface area contributed by atoms with Gasteiger partial charge in [-0.2, -0.15) is 18.4 Å². The zero-order valence-corrected chi connectivity index (χ0v) is 15.6. The maximum Gasteiger partial charge on any atom is 0.417 e. The van der Waals surface area contributed by atoms with Crippen LogP contribution in [0.15, 0.2) is 11.1 Å². The molecule has 0 aliphatic heterocycles. The van der Waals surface area contributed by atoms with Gasteiger partial charge >= 0.3 is 6.18 Å². The van der Waals surface area contributed by atoms with Crippen LogP contribution in [0.1, 0.15) is 35.2 Å². The van der Waals surface area contributed by atoms with Crippen molar-refractivity contribution in [1.29, 1.82) is 5.26 Å². The number of amides is 1. The van der Waals surface area contributed by atoms with Gasteiger partial charge in [0.05, 0.1) is 16.4 Å². The largest absolute Gasteiger partial charge is 0.417 e. The number of carbonyl (C=O) groups is 1. The summed E-state index contributed by atoms with van der Waals surface area (Å²) in [5.74, 6) is -0.436. The maximum atomic E-state index is 13.2. The topological polar surface area (TPSA) is 91.6 Å². The number of carbonyl (C=O) groups excluding carboxylic acids is 1. The van der Waals surface area contributed by atoms with E-state index in [0.717, 1.165) is 17.8 Å². The predicted molar refractivity (Wildman–Crippen MR) is 91.9 cm³/mol. The Morgan fingerprint density at radius 2 is 2.12 bits per heavy atom. The molecule has 0 fully saturated rings. The highest BCUT2D eigenvalue weighted by molar-refractivity contribution is 8.00. The smallest absolute Gasteiger partial charge is 0.300 e. The first kappa shape index (κ1) is 20.1. The molecular weight excluding hydrogens is 387 g/mol. The lowest BCUT2D eigenvalue weighted by Gasteiger charge is -2.16. The lowest BCUT2D eigenvalue weighted by molar-refractivity contribution is -0.138. The van der Waals surface area contributed by atoms with Crippen LogP contribution in [-0.4, -0.2) is 26.3 Å². The van der Waals surface area contributed by atoms with Gasteiger partial charge in [0.2, 0.25) is 11.0 Å². The molecule has 0 aliphatic carbocycles. The van der Waals surface area contributed by atoms with E-state index in [9.17, 15) is 23.2 Å². The molecule has 1 atom stereocenters. The fourth-order valence-electron chi connectivity index (χ4n) is 2.05. The van der Waals surface area contributed by atoms with Crippen molar-refractivity contribution < 1.29 is 18.0 Å². The van der Waals surface area contributed by atoms with E-state index in [1.807, 2.05) is 0 Å². The van der Waals surface area contributed by atoms with Gasteiger partial charge in [-0.25, -0.2) is 4.98 Å². The van der Waals surface area contributed by atoms with Crippen molar-refractivity contribution in [3.05, 3.63) is 27.9 Å². The minimum absolute atomic E-state index is 0.115. The summed E-state index contributed by atoms with van der Waals surface area (Å²) >= 11 is 2.02. The van der Waals surface area contributed by atoms with Gasteiger partial charge in [-0.05, 0) is 26.3 Å². The highest BCUT2D eigenvalue weighted by Gasteiger charge is 2.36. The average Bonchev–Trinajstić information content (AvgIpc) is 2.95. The second-order valence-corrected chi connectivity index (χ2v) is 7.60. The molecule has 1 amide bonds. The van der Waals surface area contributed by atoms with E-state index in [2.05, 4.69) is 20.5 Å². The van der Waals surface area contributed by atoms with E-state index < -0.39 is 28.5 Å². The molecule has 11 heteroatoms. The Bertz CT molecular complexity index is 860. The van der Waals surface area contributed by atoms with Crippen molar-refractivity contribution in [1.82, 2.24) is 15.2 Å². The van der Waals surface area contributed by atoms with E-state index in [1.165, 1.54) is 18.3 Å². The van der Waals surface area contributed by atoms with Gasteiger partial charge in [-0.15, -0.1) is 10.2 Å². The van der Waals surface area contributed by atoms with E-state index >= 15 is 0 Å². The van der Waals surface area contributed by atoms with Crippen molar-refractivity contribution in [2.75, 3.05) is 5.32 Å². The monoisotopic (exact) mass is 401 g/mol. The lowest BCUT2D eigenvalue weighted by Crippen LogP contribution is -2.25. The van der Waals surface area contributed by atoms with Crippen LogP contribution in [0.3, 0.4) is 0 Å². The van der Waals surface area contributed by atoms with E-state index in [-0.39, 0.29) is 10.7 Å². The summed E-state index contributed by atoms with van der Waals surface area (Å²) in [4.78, 5) is 16.4. The van der Waals surface area contributed by atoms with Crippen LogP contribution < -0.4 is 5.32 Å². The number of rotatable bonds is 5. The lowest BCUT2D eigenvalue weighted by atomic mass is 10.1. The molecule has 2 rings (SSSR count). The highest BCUT2D eigenvalue weighted by atomic mass is 32.2. The van der Waals surface area contributed by atoms with Gasteiger partial charge in [0, 0.05) is 5.69 Å². The summed E-state index contributed by atoms with van der Waals surface area (Å²) < 4.78 is 39.5. The molecule has 2 aromatic rings. The molecule has 0 aliphatic rings. The number of nitrogens with zero attached hydrogens (tertiary/aromatic N) is 4. The van der Waals surface area contributed by atoms with Gasteiger partial charge in [0.25, 0.3) is 0 Å². The van der Waals surface area contributed by atoms with Gasteiger partial charge in [-0.3, -0.25) is 10.1 Å². The van der Waals surface area contributed by atoms with Crippen molar-refractivity contribution >= 4 is 34.1 Å². The number of anilines is 1. The highest BCUT2D eigenvalue weighted by Crippen LogP contribution is 2.37. The van der Waals surface area contributed by atoms with Crippen LogP contribution in [0.5, 0.6) is 0 Å². The molecule has 0 saturated carbocycles.